The molecule has 3 nitrogen and oxygen atoms in total. The molecule has 0 fully saturated rings. The Morgan fingerprint density at radius 3 is 2.70 bits per heavy atom. The summed E-state index contributed by atoms with van der Waals surface area (Å²) in [4.78, 5) is 5.39. The van der Waals surface area contributed by atoms with Gasteiger partial charge in [0.05, 0.1) is 17.2 Å². The minimum atomic E-state index is 0.607. The van der Waals surface area contributed by atoms with Gasteiger partial charge in [-0.05, 0) is 25.5 Å². The Kier molecular flexibility index (Phi) is 5.41. The summed E-state index contributed by atoms with van der Waals surface area (Å²) in [6, 6.07) is 8.12. The highest BCUT2D eigenvalue weighted by Crippen LogP contribution is 2.37. The Bertz CT molecular complexity index is 551. The molecule has 108 valence electrons. The van der Waals surface area contributed by atoms with Crippen LogP contribution in [-0.2, 0) is 0 Å². The molecule has 0 unspecified atom stereocenters. The van der Waals surface area contributed by atoms with Crippen LogP contribution in [0.4, 0.5) is 5.13 Å². The van der Waals surface area contributed by atoms with Gasteiger partial charge in [0, 0.05) is 5.56 Å². The molecule has 1 aromatic carbocycles. The van der Waals surface area contributed by atoms with E-state index in [0.29, 0.717) is 5.13 Å². The van der Waals surface area contributed by atoms with Crippen LogP contribution in [0.5, 0.6) is 5.75 Å². The zero-order chi connectivity index (χ0) is 14.4. The largest absolute Gasteiger partial charge is 0.493 e. The van der Waals surface area contributed by atoms with Crippen molar-refractivity contribution in [3.63, 3.8) is 0 Å². The fraction of sp³-hybridized carbons (Fsp3) is 0.438. The number of nitrogens with zero attached hydrogens (tertiary/aromatic N) is 1. The first-order valence-electron chi connectivity index (χ1n) is 7.17. The molecule has 0 saturated carbocycles. The van der Waals surface area contributed by atoms with Crippen molar-refractivity contribution < 1.29 is 4.74 Å². The summed E-state index contributed by atoms with van der Waals surface area (Å²) in [5.74, 6) is 0.927. The van der Waals surface area contributed by atoms with E-state index in [1.165, 1.54) is 30.6 Å². The number of nitrogens with two attached hydrogens (primary N) is 1. The molecular formula is C16H22N2OS. The number of aromatic nitrogens is 1. The van der Waals surface area contributed by atoms with Crippen LogP contribution in [0.25, 0.3) is 10.4 Å². The number of benzene rings is 1. The number of nitrogen functional groups attached to an aromatic ring is 1. The molecule has 2 aromatic rings. The number of hydrogen-bond acceptors (Lipinski definition) is 4. The highest BCUT2D eigenvalue weighted by atomic mass is 32.1. The van der Waals surface area contributed by atoms with Gasteiger partial charge in [-0.15, -0.1) is 0 Å². The molecule has 0 radical (unpaired) electrons. The van der Waals surface area contributed by atoms with E-state index in [-0.39, 0.29) is 0 Å². The van der Waals surface area contributed by atoms with Gasteiger partial charge in [-0.1, -0.05) is 49.7 Å². The molecule has 0 bridgehead atoms. The van der Waals surface area contributed by atoms with Gasteiger partial charge in [0.15, 0.2) is 5.13 Å². The Hall–Kier alpha value is -1.55. The lowest BCUT2D eigenvalue weighted by Gasteiger charge is -2.10. The first kappa shape index (κ1) is 14.9. The Morgan fingerprint density at radius 2 is 2.00 bits per heavy atom. The predicted octanol–water partition coefficient (Wildman–Crippen LogP) is 4.66. The molecule has 2 N–H and O–H groups in total. The number of ether oxygens (including phenoxy) is 1. The maximum atomic E-state index is 5.94. The second-order valence-corrected chi connectivity index (χ2v) is 5.90. The van der Waals surface area contributed by atoms with E-state index in [1.807, 2.05) is 25.1 Å². The van der Waals surface area contributed by atoms with Crippen molar-refractivity contribution >= 4 is 16.5 Å². The second-order valence-electron chi connectivity index (χ2n) is 4.87. The highest BCUT2D eigenvalue weighted by molar-refractivity contribution is 7.18. The summed E-state index contributed by atoms with van der Waals surface area (Å²) in [7, 11) is 0. The summed E-state index contributed by atoms with van der Waals surface area (Å²) >= 11 is 1.52. The van der Waals surface area contributed by atoms with Crippen molar-refractivity contribution in [3.8, 4) is 16.2 Å². The fourth-order valence-electron chi connectivity index (χ4n) is 2.16. The number of unbranched alkanes of at least 4 members (excludes halogenated alkanes) is 3. The van der Waals surface area contributed by atoms with Crippen molar-refractivity contribution in [1.82, 2.24) is 4.98 Å². The van der Waals surface area contributed by atoms with Gasteiger partial charge in [0.25, 0.3) is 0 Å². The molecule has 20 heavy (non-hydrogen) atoms. The summed E-state index contributed by atoms with van der Waals surface area (Å²) in [5, 5.41) is 0.607. The summed E-state index contributed by atoms with van der Waals surface area (Å²) in [6.07, 6.45) is 4.85. The van der Waals surface area contributed by atoms with E-state index >= 15 is 0 Å². The number of thiazole rings is 1. The first-order valence-corrected chi connectivity index (χ1v) is 7.99. The number of aryl methyl sites for hydroxylation is 1. The third-order valence-electron chi connectivity index (χ3n) is 3.20. The molecule has 1 aromatic heterocycles. The quantitative estimate of drug-likeness (QED) is 0.754. The van der Waals surface area contributed by atoms with Crippen LogP contribution in [0.15, 0.2) is 24.3 Å². The summed E-state index contributed by atoms with van der Waals surface area (Å²) < 4.78 is 5.94. The number of anilines is 1. The predicted molar refractivity (Wildman–Crippen MR) is 86.3 cm³/mol. The number of hydrogen-bond donors (Lipinski definition) is 1. The molecule has 0 aliphatic heterocycles. The molecule has 1 heterocycles. The van der Waals surface area contributed by atoms with Crippen molar-refractivity contribution in [3.05, 3.63) is 30.0 Å². The Labute approximate surface area is 124 Å². The number of rotatable bonds is 7. The third kappa shape index (κ3) is 3.73. The van der Waals surface area contributed by atoms with Crippen LogP contribution in [0.1, 0.15) is 38.3 Å². The minimum Gasteiger partial charge on any atom is -0.493 e. The molecule has 0 aliphatic carbocycles. The van der Waals surface area contributed by atoms with Crippen LogP contribution < -0.4 is 10.5 Å². The van der Waals surface area contributed by atoms with Crippen molar-refractivity contribution in [2.45, 2.75) is 39.5 Å². The maximum absolute atomic E-state index is 5.94. The van der Waals surface area contributed by atoms with E-state index in [2.05, 4.69) is 18.0 Å². The Morgan fingerprint density at radius 1 is 1.20 bits per heavy atom. The Balaban J connectivity index is 2.08. The average molecular weight is 290 g/mol. The van der Waals surface area contributed by atoms with Crippen molar-refractivity contribution in [2.24, 2.45) is 0 Å². The van der Waals surface area contributed by atoms with E-state index in [0.717, 1.165) is 34.9 Å². The normalized spacial score (nSPS) is 10.7. The molecule has 2 rings (SSSR count). The lowest BCUT2D eigenvalue weighted by molar-refractivity contribution is 0.306. The van der Waals surface area contributed by atoms with Gasteiger partial charge in [0.2, 0.25) is 0 Å². The lowest BCUT2D eigenvalue weighted by Crippen LogP contribution is -1.98. The van der Waals surface area contributed by atoms with Gasteiger partial charge >= 0.3 is 0 Å². The second kappa shape index (κ2) is 7.29. The van der Waals surface area contributed by atoms with Crippen molar-refractivity contribution in [2.75, 3.05) is 12.3 Å². The van der Waals surface area contributed by atoms with Crippen LogP contribution in [0, 0.1) is 6.92 Å². The molecule has 0 saturated heterocycles. The van der Waals surface area contributed by atoms with Gasteiger partial charge < -0.3 is 10.5 Å². The van der Waals surface area contributed by atoms with Crippen LogP contribution in [0.2, 0.25) is 0 Å². The maximum Gasteiger partial charge on any atom is 0.180 e. The van der Waals surface area contributed by atoms with Crippen LogP contribution in [0.3, 0.4) is 0 Å². The third-order valence-corrected chi connectivity index (χ3v) is 4.22. The SMILES string of the molecule is CCCCCCOc1ccccc1-c1sc(N)nc1C. The molecule has 0 atom stereocenters. The van der Waals surface area contributed by atoms with E-state index < -0.39 is 0 Å². The van der Waals surface area contributed by atoms with Crippen molar-refractivity contribution in [1.29, 1.82) is 0 Å². The average Bonchev–Trinajstić information content (AvgIpc) is 2.78. The first-order chi connectivity index (χ1) is 9.72. The minimum absolute atomic E-state index is 0.607. The summed E-state index contributed by atoms with van der Waals surface area (Å²) in [5.41, 5.74) is 7.85. The topological polar surface area (TPSA) is 48.1 Å². The smallest absolute Gasteiger partial charge is 0.180 e. The zero-order valence-corrected chi connectivity index (χ0v) is 13.0. The molecule has 0 aliphatic rings. The van der Waals surface area contributed by atoms with Gasteiger partial charge in [-0.25, -0.2) is 4.98 Å². The molecule has 0 amide bonds. The van der Waals surface area contributed by atoms with Crippen LogP contribution >= 0.6 is 11.3 Å². The highest BCUT2D eigenvalue weighted by Gasteiger charge is 2.12. The fourth-order valence-corrected chi connectivity index (χ4v) is 3.02. The van der Waals surface area contributed by atoms with Gasteiger partial charge in [-0.2, -0.15) is 0 Å². The molecule has 4 heteroatoms. The standard InChI is InChI=1S/C16H22N2OS/c1-3-4-5-8-11-19-14-10-7-6-9-13(14)15-12(2)18-16(17)20-15/h6-7,9-10H,3-5,8,11H2,1-2H3,(H2,17,18). The molecular weight excluding hydrogens is 268 g/mol. The zero-order valence-electron chi connectivity index (χ0n) is 12.2. The van der Waals surface area contributed by atoms with Crippen LogP contribution in [-0.4, -0.2) is 11.6 Å². The van der Waals surface area contributed by atoms with E-state index in [4.69, 9.17) is 10.5 Å². The van der Waals surface area contributed by atoms with Gasteiger partial charge in [0.1, 0.15) is 5.75 Å². The lowest BCUT2D eigenvalue weighted by atomic mass is 10.1. The number of para-hydroxylation sites is 1. The van der Waals surface area contributed by atoms with Gasteiger partial charge in [-0.3, -0.25) is 0 Å². The summed E-state index contributed by atoms with van der Waals surface area (Å²) in [6.45, 7) is 4.97. The van der Waals surface area contributed by atoms with E-state index in [9.17, 15) is 0 Å². The van der Waals surface area contributed by atoms with E-state index in [1.54, 1.807) is 0 Å². The monoisotopic (exact) mass is 290 g/mol. The molecule has 0 spiro atoms.